The topological polar surface area (TPSA) is 169 Å². The van der Waals surface area contributed by atoms with Crippen molar-refractivity contribution in [3.05, 3.63) is 85.1 Å². The van der Waals surface area contributed by atoms with E-state index in [0.29, 0.717) is 19.3 Å². The van der Waals surface area contributed by atoms with Gasteiger partial charge in [0.25, 0.3) is 0 Å². The maximum atomic E-state index is 12.6. The van der Waals surface area contributed by atoms with Gasteiger partial charge in [-0.25, -0.2) is 4.57 Å². The normalized spacial score (nSPS) is 15.2. The lowest BCUT2D eigenvalue weighted by molar-refractivity contribution is -0.161. The number of phosphoric ester groups is 1. The van der Waals surface area contributed by atoms with E-state index in [1.165, 1.54) is 19.3 Å². The zero-order valence-corrected chi connectivity index (χ0v) is 36.5. The van der Waals surface area contributed by atoms with Crippen molar-refractivity contribution in [3.63, 3.8) is 0 Å². The molecule has 0 saturated carbocycles. The van der Waals surface area contributed by atoms with Gasteiger partial charge < -0.3 is 29.7 Å². The van der Waals surface area contributed by atoms with Crippen LogP contribution in [0.25, 0.3) is 0 Å². The van der Waals surface area contributed by atoms with Crippen LogP contribution < -0.4 is 0 Å². The third-order valence-corrected chi connectivity index (χ3v) is 9.54. The number of aliphatic hydroxyl groups excluding tert-OH is 3. The molecule has 0 saturated heterocycles. The Balaban J connectivity index is 4.48. The zero-order chi connectivity index (χ0) is 42.8. The van der Waals surface area contributed by atoms with E-state index in [4.69, 9.17) is 19.1 Å². The number of rotatable bonds is 39. The Labute approximate surface area is 350 Å². The molecular weight excluding hydrogens is 759 g/mol. The second-order valence-electron chi connectivity index (χ2n) is 14.2. The molecule has 0 aliphatic carbocycles. The molecule has 0 aromatic rings. The number of hydrogen-bond donors (Lipinski definition) is 4. The van der Waals surface area contributed by atoms with E-state index >= 15 is 0 Å². The monoisotopic (exact) mass is 837 g/mol. The first kappa shape index (κ1) is 55.1. The molecule has 0 aliphatic heterocycles. The van der Waals surface area contributed by atoms with Gasteiger partial charge in [0, 0.05) is 12.8 Å². The van der Waals surface area contributed by atoms with Gasteiger partial charge in [0.15, 0.2) is 6.10 Å². The molecule has 0 radical (unpaired) electrons. The van der Waals surface area contributed by atoms with Gasteiger partial charge in [-0.3, -0.25) is 18.6 Å². The molecule has 11 nitrogen and oxygen atoms in total. The maximum Gasteiger partial charge on any atom is 0.472 e. The largest absolute Gasteiger partial charge is 0.472 e. The molecular formula is C46H77O11P. The maximum absolute atomic E-state index is 12.6. The molecule has 0 amide bonds. The number of esters is 2. The minimum Gasteiger partial charge on any atom is -0.462 e. The molecule has 0 heterocycles. The first-order valence-electron chi connectivity index (χ1n) is 21.6. The molecule has 0 fully saturated rings. The number of phosphoric acid groups is 1. The van der Waals surface area contributed by atoms with Crippen LogP contribution in [0.2, 0.25) is 0 Å². The van der Waals surface area contributed by atoms with E-state index in [0.717, 1.165) is 83.5 Å². The van der Waals surface area contributed by atoms with Gasteiger partial charge in [0.05, 0.1) is 25.9 Å². The predicted octanol–water partition coefficient (Wildman–Crippen LogP) is 10.4. The van der Waals surface area contributed by atoms with Crippen LogP contribution in [-0.2, 0) is 32.7 Å². The zero-order valence-electron chi connectivity index (χ0n) is 35.6. The molecule has 0 rings (SSSR count). The minimum absolute atomic E-state index is 0.134. The predicted molar refractivity (Wildman–Crippen MR) is 234 cm³/mol. The summed E-state index contributed by atoms with van der Waals surface area (Å²) >= 11 is 0. The third kappa shape index (κ3) is 39.9. The first-order chi connectivity index (χ1) is 28.1. The summed E-state index contributed by atoms with van der Waals surface area (Å²) in [6.45, 7) is 2.07. The number of unbranched alkanes of at least 4 members (excludes halogenated alkanes) is 9. The van der Waals surface area contributed by atoms with Crippen molar-refractivity contribution < 1.29 is 52.9 Å². The summed E-state index contributed by atoms with van der Waals surface area (Å²) in [7, 11) is -4.65. The number of aliphatic hydroxyl groups is 3. The Morgan fingerprint density at radius 3 is 1.62 bits per heavy atom. The molecule has 4 N–H and O–H groups in total. The summed E-state index contributed by atoms with van der Waals surface area (Å²) in [5.41, 5.74) is 0. The summed E-state index contributed by atoms with van der Waals surface area (Å²) in [5.74, 6) is -1.05. The van der Waals surface area contributed by atoms with Crippen LogP contribution in [0.4, 0.5) is 0 Å². The van der Waals surface area contributed by atoms with Gasteiger partial charge >= 0.3 is 19.8 Å². The number of carbonyl (C=O) groups excluding carboxylic acids is 2. The van der Waals surface area contributed by atoms with Crippen molar-refractivity contribution in [2.45, 2.75) is 167 Å². The molecule has 0 aromatic carbocycles. The van der Waals surface area contributed by atoms with Crippen molar-refractivity contribution in [2.24, 2.45) is 0 Å². The fraction of sp³-hybridized carbons (Fsp3) is 0.652. The van der Waals surface area contributed by atoms with Crippen LogP contribution in [0, 0.1) is 0 Å². The van der Waals surface area contributed by atoms with Gasteiger partial charge in [0.2, 0.25) is 0 Å². The second kappa shape index (κ2) is 40.9. The SMILES string of the molecule is CCCCC/C=C\C/C=C\C/C=C\CCCCCCC(=O)O[C@H](COC(=O)CCC/C=C\C/C=C\C/C=C\C/C=C\[C@@H](O)CCCC)COP(=O)(O)OC[C@@H](O)CO. The Bertz CT molecular complexity index is 1250. The van der Waals surface area contributed by atoms with Gasteiger partial charge in [-0.05, 0) is 83.5 Å². The highest BCUT2D eigenvalue weighted by molar-refractivity contribution is 7.47. The lowest BCUT2D eigenvalue weighted by Crippen LogP contribution is -2.29. The molecule has 58 heavy (non-hydrogen) atoms. The lowest BCUT2D eigenvalue weighted by Gasteiger charge is -2.20. The van der Waals surface area contributed by atoms with E-state index in [9.17, 15) is 29.3 Å². The van der Waals surface area contributed by atoms with Gasteiger partial charge in [-0.1, -0.05) is 137 Å². The lowest BCUT2D eigenvalue weighted by atomic mass is 10.1. The Hall–Kier alpha value is -2.89. The van der Waals surface area contributed by atoms with Crippen LogP contribution >= 0.6 is 7.82 Å². The summed E-state index contributed by atoms with van der Waals surface area (Å²) < 4.78 is 32.6. The first-order valence-corrected chi connectivity index (χ1v) is 23.1. The summed E-state index contributed by atoms with van der Waals surface area (Å²) in [6.07, 6.45) is 44.6. The standard InChI is InChI=1S/C46H77O11P/c1-3-5-7-8-9-10-11-12-13-14-15-16-21-24-27-30-33-37-46(51)57-44(41-56-58(52,53)55-39-43(49)38-47)40-54-45(50)36-32-29-26-23-20-18-17-19-22-25-28-31-35-42(48)34-6-4-2/h9-10,12-13,15-18,22-23,25-26,31,35,42-44,47-49H,3-8,11,14,19-21,24,27-30,32-34,36-41H2,1-2H3,(H,52,53)/b10-9-,13-12-,16-15-,18-17-,25-22-,26-23-,35-31-/t42-,43-,44+/m0/s1. The van der Waals surface area contributed by atoms with E-state index in [2.05, 4.69) is 79.1 Å². The van der Waals surface area contributed by atoms with Crippen LogP contribution in [0.3, 0.4) is 0 Å². The molecule has 0 bridgehead atoms. The number of ether oxygens (including phenoxy) is 2. The van der Waals surface area contributed by atoms with Crippen molar-refractivity contribution in [3.8, 4) is 0 Å². The van der Waals surface area contributed by atoms with Crippen LogP contribution in [-0.4, -0.2) is 76.9 Å². The fourth-order valence-corrected chi connectivity index (χ4v) is 5.98. The third-order valence-electron chi connectivity index (χ3n) is 8.59. The van der Waals surface area contributed by atoms with Crippen molar-refractivity contribution >= 4 is 19.8 Å². The van der Waals surface area contributed by atoms with Crippen LogP contribution in [0.5, 0.6) is 0 Å². The Kier molecular flexibility index (Phi) is 38.8. The van der Waals surface area contributed by atoms with E-state index in [1.54, 1.807) is 0 Å². The van der Waals surface area contributed by atoms with E-state index in [-0.39, 0.29) is 25.6 Å². The molecule has 4 atom stereocenters. The van der Waals surface area contributed by atoms with Gasteiger partial charge in [-0.2, -0.15) is 0 Å². The number of hydrogen-bond acceptors (Lipinski definition) is 10. The fourth-order valence-electron chi connectivity index (χ4n) is 5.19. The molecule has 12 heteroatoms. The van der Waals surface area contributed by atoms with Crippen molar-refractivity contribution in [2.75, 3.05) is 26.4 Å². The Morgan fingerprint density at radius 1 is 0.569 bits per heavy atom. The van der Waals surface area contributed by atoms with E-state index in [1.807, 2.05) is 24.3 Å². The minimum atomic E-state index is -4.65. The van der Waals surface area contributed by atoms with Crippen molar-refractivity contribution in [1.82, 2.24) is 0 Å². The quantitative estimate of drug-likeness (QED) is 0.0201. The number of carbonyl (C=O) groups is 2. The summed E-state index contributed by atoms with van der Waals surface area (Å²) in [6, 6.07) is 0. The average Bonchev–Trinajstić information content (AvgIpc) is 3.21. The van der Waals surface area contributed by atoms with Crippen LogP contribution in [0.15, 0.2) is 85.1 Å². The summed E-state index contributed by atoms with van der Waals surface area (Å²) in [5, 5.41) is 28.1. The van der Waals surface area contributed by atoms with Gasteiger partial charge in [-0.15, -0.1) is 0 Å². The molecule has 0 aliphatic rings. The smallest absolute Gasteiger partial charge is 0.462 e. The molecule has 332 valence electrons. The van der Waals surface area contributed by atoms with Crippen molar-refractivity contribution in [1.29, 1.82) is 0 Å². The average molecular weight is 837 g/mol. The van der Waals surface area contributed by atoms with Crippen LogP contribution in [0.1, 0.15) is 149 Å². The second-order valence-corrected chi connectivity index (χ2v) is 15.6. The Morgan fingerprint density at radius 2 is 1.05 bits per heavy atom. The highest BCUT2D eigenvalue weighted by Crippen LogP contribution is 2.43. The highest BCUT2D eigenvalue weighted by Gasteiger charge is 2.27. The molecule has 0 aromatic heterocycles. The summed E-state index contributed by atoms with van der Waals surface area (Å²) in [4.78, 5) is 35.0. The highest BCUT2D eigenvalue weighted by atomic mass is 31.2. The molecule has 0 spiro atoms. The number of allylic oxidation sites excluding steroid dienone is 13. The van der Waals surface area contributed by atoms with Gasteiger partial charge in [0.1, 0.15) is 12.7 Å². The van der Waals surface area contributed by atoms with E-state index < -0.39 is 51.8 Å². The molecule has 1 unspecified atom stereocenters.